The lowest BCUT2D eigenvalue weighted by Gasteiger charge is -2.22. The van der Waals surface area contributed by atoms with Crippen molar-refractivity contribution in [3.05, 3.63) is 133 Å². The molecule has 0 radical (unpaired) electrons. The van der Waals surface area contributed by atoms with Crippen LogP contribution in [0.5, 0.6) is 11.5 Å². The predicted octanol–water partition coefficient (Wildman–Crippen LogP) is 6.24. The van der Waals surface area contributed by atoms with Crippen molar-refractivity contribution in [2.45, 2.75) is 12.2 Å². The third-order valence-electron chi connectivity index (χ3n) is 6.15. The van der Waals surface area contributed by atoms with E-state index in [-0.39, 0.29) is 30.3 Å². The average molecular weight is 553 g/mol. The zero-order chi connectivity index (χ0) is 29.2. The highest BCUT2D eigenvalue weighted by Gasteiger charge is 2.24. The van der Waals surface area contributed by atoms with Gasteiger partial charge in [-0.15, -0.1) is 0 Å². The second-order valence-electron chi connectivity index (χ2n) is 8.80. The number of carbonyl (C=O) groups is 3. The molecular weight excluding hydrogens is 524 g/mol. The summed E-state index contributed by atoms with van der Waals surface area (Å²) in [6.07, 6.45) is 0.532. The molecule has 0 aliphatic rings. The minimum absolute atomic E-state index is 0.0829. The van der Waals surface area contributed by atoms with Gasteiger partial charge in [-0.2, -0.15) is 0 Å². The normalized spacial score (nSPS) is 12.0. The minimum atomic E-state index is -1.24. The summed E-state index contributed by atoms with van der Waals surface area (Å²) in [5.74, 6) is -2.15. The van der Waals surface area contributed by atoms with Crippen LogP contribution in [0.15, 0.2) is 116 Å². The number of carboxylic acid groups (broad SMARTS) is 1. The van der Waals surface area contributed by atoms with Crippen molar-refractivity contribution in [2.75, 3.05) is 13.2 Å². The van der Waals surface area contributed by atoms with Crippen molar-refractivity contribution in [2.24, 2.45) is 0 Å². The van der Waals surface area contributed by atoms with Gasteiger partial charge in [-0.3, -0.25) is 0 Å². The van der Waals surface area contributed by atoms with Crippen molar-refractivity contribution in [3.8, 4) is 11.5 Å². The van der Waals surface area contributed by atoms with E-state index in [2.05, 4.69) is 13.2 Å². The number of esters is 2. The van der Waals surface area contributed by atoms with E-state index in [0.29, 0.717) is 21.9 Å². The Bertz CT molecular complexity index is 1550. The lowest BCUT2D eigenvalue weighted by molar-refractivity contribution is -0.145. The minimum Gasteiger partial charge on any atom is -0.489 e. The fourth-order valence-corrected chi connectivity index (χ4v) is 4.18. The van der Waals surface area contributed by atoms with Crippen molar-refractivity contribution in [1.82, 2.24) is 0 Å². The van der Waals surface area contributed by atoms with Gasteiger partial charge in [-0.05, 0) is 17.2 Å². The predicted molar refractivity (Wildman–Crippen MR) is 153 cm³/mol. The standard InChI is InChI=1S/C33H28O8/c1-3-30(34)40-28(22-13-7-5-8-14-22)20-38-27-19-26(33(36)37)32(25-18-12-11-17-24(25)27)39-21-29(41-31(35)4-2)23-15-9-6-10-16-23/h3-19,28-29H,1-2,20-21H2,(H,36,37). The topological polar surface area (TPSA) is 108 Å². The Hall–Kier alpha value is -5.37. The second-order valence-corrected chi connectivity index (χ2v) is 8.80. The Labute approximate surface area is 237 Å². The van der Waals surface area contributed by atoms with Gasteiger partial charge in [-0.25, -0.2) is 14.4 Å². The number of fused-ring (bicyclic) bond motifs is 1. The first-order valence-electron chi connectivity index (χ1n) is 12.7. The molecule has 0 aromatic heterocycles. The SMILES string of the molecule is C=CC(=O)OC(COc1cc(C(=O)O)c(OCC(OC(=O)C=C)c2ccccc2)c2ccccc12)c1ccccc1. The van der Waals surface area contributed by atoms with Gasteiger partial charge in [0.1, 0.15) is 30.3 Å². The third kappa shape index (κ3) is 7.19. The number of benzene rings is 4. The van der Waals surface area contributed by atoms with Crippen LogP contribution in [-0.4, -0.2) is 36.2 Å². The zero-order valence-corrected chi connectivity index (χ0v) is 22.1. The molecule has 2 unspecified atom stereocenters. The first-order chi connectivity index (χ1) is 19.9. The molecule has 0 fully saturated rings. The highest BCUT2D eigenvalue weighted by molar-refractivity contribution is 6.03. The Kier molecular flexibility index (Phi) is 9.51. The summed E-state index contributed by atoms with van der Waals surface area (Å²) < 4.78 is 23.1. The molecule has 2 atom stereocenters. The van der Waals surface area contributed by atoms with Gasteiger partial charge in [0.25, 0.3) is 0 Å². The van der Waals surface area contributed by atoms with Crippen LogP contribution in [-0.2, 0) is 19.1 Å². The number of hydrogen-bond donors (Lipinski definition) is 1. The maximum Gasteiger partial charge on any atom is 0.339 e. The number of carboxylic acids is 1. The molecule has 8 heteroatoms. The van der Waals surface area contributed by atoms with Crippen molar-refractivity contribution >= 4 is 28.7 Å². The molecule has 0 bridgehead atoms. The van der Waals surface area contributed by atoms with E-state index >= 15 is 0 Å². The van der Waals surface area contributed by atoms with Gasteiger partial charge in [0, 0.05) is 22.9 Å². The molecule has 0 heterocycles. The maximum atomic E-state index is 12.4. The molecule has 0 amide bonds. The molecule has 0 saturated heterocycles. The van der Waals surface area contributed by atoms with Crippen LogP contribution in [0.4, 0.5) is 0 Å². The highest BCUT2D eigenvalue weighted by Crippen LogP contribution is 2.38. The Morgan fingerprint density at radius 1 is 0.683 bits per heavy atom. The number of ether oxygens (including phenoxy) is 4. The second kappa shape index (κ2) is 13.6. The van der Waals surface area contributed by atoms with E-state index in [4.69, 9.17) is 18.9 Å². The van der Waals surface area contributed by atoms with Crippen LogP contribution in [0.25, 0.3) is 10.8 Å². The average Bonchev–Trinajstić information content (AvgIpc) is 3.01. The first kappa shape index (κ1) is 28.6. The molecule has 0 aliphatic heterocycles. The van der Waals surface area contributed by atoms with E-state index in [1.54, 1.807) is 60.7 Å². The summed E-state index contributed by atoms with van der Waals surface area (Å²) in [7, 11) is 0. The highest BCUT2D eigenvalue weighted by atomic mass is 16.6. The lowest BCUT2D eigenvalue weighted by Crippen LogP contribution is -2.19. The van der Waals surface area contributed by atoms with Crippen LogP contribution < -0.4 is 9.47 Å². The van der Waals surface area contributed by atoms with Crippen LogP contribution in [0.2, 0.25) is 0 Å². The fraction of sp³-hybridized carbons (Fsp3) is 0.121. The number of rotatable bonds is 13. The van der Waals surface area contributed by atoms with E-state index in [0.717, 1.165) is 12.2 Å². The van der Waals surface area contributed by atoms with Crippen molar-refractivity contribution < 1.29 is 38.4 Å². The van der Waals surface area contributed by atoms with E-state index < -0.39 is 30.1 Å². The van der Waals surface area contributed by atoms with Crippen LogP contribution >= 0.6 is 0 Å². The summed E-state index contributed by atoms with van der Waals surface area (Å²) >= 11 is 0. The summed E-state index contributed by atoms with van der Waals surface area (Å²) in [5, 5.41) is 11.2. The van der Waals surface area contributed by atoms with Gasteiger partial charge in [0.2, 0.25) is 0 Å². The number of hydrogen-bond acceptors (Lipinski definition) is 7. The van der Waals surface area contributed by atoms with E-state index in [9.17, 15) is 19.5 Å². The Morgan fingerprint density at radius 3 is 1.63 bits per heavy atom. The molecule has 208 valence electrons. The zero-order valence-electron chi connectivity index (χ0n) is 22.1. The van der Waals surface area contributed by atoms with Gasteiger partial charge in [-0.1, -0.05) is 98.1 Å². The van der Waals surface area contributed by atoms with Gasteiger partial charge >= 0.3 is 17.9 Å². The molecule has 8 nitrogen and oxygen atoms in total. The molecule has 0 spiro atoms. The lowest BCUT2D eigenvalue weighted by atomic mass is 10.0. The Morgan fingerprint density at radius 2 is 1.15 bits per heavy atom. The van der Waals surface area contributed by atoms with Crippen LogP contribution in [0, 0.1) is 0 Å². The van der Waals surface area contributed by atoms with Gasteiger partial charge in [0.05, 0.1) is 0 Å². The van der Waals surface area contributed by atoms with Gasteiger partial charge < -0.3 is 24.1 Å². The molecule has 4 rings (SSSR count). The number of carbonyl (C=O) groups excluding carboxylic acids is 2. The summed E-state index contributed by atoms with van der Waals surface area (Å²) in [6, 6.07) is 26.4. The smallest absolute Gasteiger partial charge is 0.339 e. The summed E-state index contributed by atoms with van der Waals surface area (Å²) in [6.45, 7) is 6.66. The molecule has 4 aromatic rings. The third-order valence-corrected chi connectivity index (χ3v) is 6.15. The number of aromatic carboxylic acids is 1. The molecule has 0 saturated carbocycles. The molecular formula is C33H28O8. The molecule has 1 N–H and O–H groups in total. The monoisotopic (exact) mass is 552 g/mol. The molecule has 4 aromatic carbocycles. The molecule has 41 heavy (non-hydrogen) atoms. The van der Waals surface area contributed by atoms with Crippen LogP contribution in [0.3, 0.4) is 0 Å². The Balaban J connectivity index is 1.67. The molecule has 0 aliphatic carbocycles. The van der Waals surface area contributed by atoms with Crippen molar-refractivity contribution in [1.29, 1.82) is 0 Å². The maximum absolute atomic E-state index is 12.4. The quantitative estimate of drug-likeness (QED) is 0.153. The summed E-state index contributed by atoms with van der Waals surface area (Å²) in [4.78, 5) is 36.4. The van der Waals surface area contributed by atoms with E-state index in [1.165, 1.54) is 6.07 Å². The summed E-state index contributed by atoms with van der Waals surface area (Å²) in [5.41, 5.74) is 1.22. The first-order valence-corrected chi connectivity index (χ1v) is 12.7. The van der Waals surface area contributed by atoms with Gasteiger partial charge in [0.15, 0.2) is 12.2 Å². The fourth-order valence-electron chi connectivity index (χ4n) is 4.18. The van der Waals surface area contributed by atoms with E-state index in [1.807, 2.05) is 24.3 Å². The largest absolute Gasteiger partial charge is 0.489 e. The van der Waals surface area contributed by atoms with Crippen molar-refractivity contribution in [3.63, 3.8) is 0 Å². The van der Waals surface area contributed by atoms with Crippen LogP contribution in [0.1, 0.15) is 33.7 Å².